The summed E-state index contributed by atoms with van der Waals surface area (Å²) < 4.78 is 0. The molecule has 1 aliphatic carbocycles. The summed E-state index contributed by atoms with van der Waals surface area (Å²) in [7, 11) is 0. The molecule has 0 aromatic heterocycles. The van der Waals surface area contributed by atoms with Crippen molar-refractivity contribution in [3.05, 3.63) is 34.9 Å². The van der Waals surface area contributed by atoms with Gasteiger partial charge in [-0.25, -0.2) is 0 Å². The minimum Gasteiger partial charge on any atom is -0.354 e. The first-order chi connectivity index (χ1) is 10.5. The lowest BCUT2D eigenvalue weighted by molar-refractivity contribution is -0.130. The number of hydrogen-bond acceptors (Lipinski definition) is 2. The van der Waals surface area contributed by atoms with Gasteiger partial charge in [0.25, 0.3) is 0 Å². The van der Waals surface area contributed by atoms with Gasteiger partial charge < -0.3 is 10.6 Å². The van der Waals surface area contributed by atoms with Crippen LogP contribution in [0.1, 0.15) is 38.7 Å². The van der Waals surface area contributed by atoms with Gasteiger partial charge in [0.2, 0.25) is 11.8 Å². The third-order valence-corrected chi connectivity index (χ3v) is 4.52. The molecular formula is C17H23ClN2O2. The summed E-state index contributed by atoms with van der Waals surface area (Å²) in [5.74, 6) is 0.00733. The van der Waals surface area contributed by atoms with Crippen molar-refractivity contribution < 1.29 is 9.59 Å². The second kappa shape index (κ2) is 7.14. The Labute approximate surface area is 136 Å². The van der Waals surface area contributed by atoms with E-state index in [4.69, 9.17) is 11.6 Å². The van der Waals surface area contributed by atoms with Crippen molar-refractivity contribution >= 4 is 23.4 Å². The van der Waals surface area contributed by atoms with Gasteiger partial charge >= 0.3 is 0 Å². The van der Waals surface area contributed by atoms with Crippen LogP contribution in [0.2, 0.25) is 5.02 Å². The van der Waals surface area contributed by atoms with E-state index < -0.39 is 5.41 Å². The third-order valence-electron chi connectivity index (χ3n) is 4.27. The molecule has 1 aliphatic rings. The van der Waals surface area contributed by atoms with Crippen molar-refractivity contribution in [2.45, 2.75) is 38.5 Å². The first-order valence-electron chi connectivity index (χ1n) is 7.78. The summed E-state index contributed by atoms with van der Waals surface area (Å²) in [6.45, 7) is 4.60. The van der Waals surface area contributed by atoms with Crippen LogP contribution in [0.3, 0.4) is 0 Å². The van der Waals surface area contributed by atoms with Gasteiger partial charge in [-0.05, 0) is 30.5 Å². The molecule has 0 atom stereocenters. The third kappa shape index (κ3) is 3.61. The highest BCUT2D eigenvalue weighted by molar-refractivity contribution is 6.30. The van der Waals surface area contributed by atoms with E-state index in [0.717, 1.165) is 24.8 Å². The lowest BCUT2D eigenvalue weighted by Gasteiger charge is -2.40. The minimum atomic E-state index is -0.424. The standard InChI is InChI=1S/C17H23ClN2O2/c1-12(2)15(21)19-10-11-20-16(22)17(8-3-9-17)13-4-6-14(18)7-5-13/h4-7,12H,3,8-11H2,1-2H3,(H,19,21)(H,20,22). The summed E-state index contributed by atoms with van der Waals surface area (Å²) in [6.07, 6.45) is 2.78. The van der Waals surface area contributed by atoms with E-state index in [1.54, 1.807) is 0 Å². The second-order valence-electron chi connectivity index (χ2n) is 6.14. The molecule has 22 heavy (non-hydrogen) atoms. The predicted molar refractivity (Wildman–Crippen MR) is 87.8 cm³/mol. The molecule has 1 aromatic rings. The molecule has 2 amide bonds. The molecular weight excluding hydrogens is 300 g/mol. The van der Waals surface area contributed by atoms with Gasteiger partial charge in [-0.15, -0.1) is 0 Å². The van der Waals surface area contributed by atoms with Crippen LogP contribution in [0.25, 0.3) is 0 Å². The van der Waals surface area contributed by atoms with E-state index >= 15 is 0 Å². The highest BCUT2D eigenvalue weighted by Crippen LogP contribution is 2.44. The topological polar surface area (TPSA) is 58.2 Å². The van der Waals surface area contributed by atoms with Gasteiger partial charge in [0.1, 0.15) is 0 Å². The number of carbonyl (C=O) groups excluding carboxylic acids is 2. The average Bonchev–Trinajstić information content (AvgIpc) is 2.44. The van der Waals surface area contributed by atoms with E-state index in [2.05, 4.69) is 10.6 Å². The lowest BCUT2D eigenvalue weighted by atomic mass is 9.64. The maximum atomic E-state index is 12.6. The van der Waals surface area contributed by atoms with Crippen LogP contribution >= 0.6 is 11.6 Å². The molecule has 0 unspecified atom stereocenters. The zero-order valence-electron chi connectivity index (χ0n) is 13.1. The Morgan fingerprint density at radius 2 is 1.73 bits per heavy atom. The molecule has 0 saturated heterocycles. The van der Waals surface area contributed by atoms with Crippen LogP contribution in [0.15, 0.2) is 24.3 Å². The normalized spacial score (nSPS) is 16.0. The SMILES string of the molecule is CC(C)C(=O)NCCNC(=O)C1(c2ccc(Cl)cc2)CCC1. The number of rotatable bonds is 6. The van der Waals surface area contributed by atoms with E-state index in [1.165, 1.54) is 0 Å². The fraction of sp³-hybridized carbons (Fsp3) is 0.529. The van der Waals surface area contributed by atoms with Crippen LogP contribution < -0.4 is 10.6 Å². The van der Waals surface area contributed by atoms with Crippen LogP contribution in [0.4, 0.5) is 0 Å². The Bertz CT molecular complexity index is 536. The van der Waals surface area contributed by atoms with E-state index in [1.807, 2.05) is 38.1 Å². The summed E-state index contributed by atoms with van der Waals surface area (Å²) in [4.78, 5) is 24.0. The van der Waals surface area contributed by atoms with E-state index in [9.17, 15) is 9.59 Å². The number of amides is 2. The van der Waals surface area contributed by atoms with Gasteiger partial charge in [-0.3, -0.25) is 9.59 Å². The lowest BCUT2D eigenvalue weighted by Crippen LogP contribution is -2.50. The molecule has 5 heteroatoms. The van der Waals surface area contributed by atoms with Crippen LogP contribution in [0.5, 0.6) is 0 Å². The first-order valence-corrected chi connectivity index (χ1v) is 8.15. The van der Waals surface area contributed by atoms with Gasteiger partial charge in [-0.1, -0.05) is 44.0 Å². The largest absolute Gasteiger partial charge is 0.354 e. The summed E-state index contributed by atoms with van der Waals surface area (Å²) in [6, 6.07) is 7.52. The van der Waals surface area contributed by atoms with Crippen LogP contribution in [-0.2, 0) is 15.0 Å². The Morgan fingerprint density at radius 1 is 1.14 bits per heavy atom. The number of carbonyl (C=O) groups is 2. The van der Waals surface area contributed by atoms with Crippen LogP contribution in [0, 0.1) is 5.92 Å². The van der Waals surface area contributed by atoms with Gasteiger partial charge in [-0.2, -0.15) is 0 Å². The monoisotopic (exact) mass is 322 g/mol. The number of halogens is 1. The number of nitrogens with one attached hydrogen (secondary N) is 2. The zero-order valence-corrected chi connectivity index (χ0v) is 13.9. The van der Waals surface area contributed by atoms with Crippen LogP contribution in [-0.4, -0.2) is 24.9 Å². The van der Waals surface area contributed by atoms with Crippen molar-refractivity contribution in [3.8, 4) is 0 Å². The fourth-order valence-electron chi connectivity index (χ4n) is 2.68. The van der Waals surface area contributed by atoms with Crippen molar-refractivity contribution in [1.82, 2.24) is 10.6 Å². The molecule has 120 valence electrons. The molecule has 4 nitrogen and oxygen atoms in total. The highest BCUT2D eigenvalue weighted by atomic mass is 35.5. The van der Waals surface area contributed by atoms with Crippen molar-refractivity contribution in [2.75, 3.05) is 13.1 Å². The molecule has 0 radical (unpaired) electrons. The summed E-state index contributed by atoms with van der Waals surface area (Å²) >= 11 is 5.92. The number of hydrogen-bond donors (Lipinski definition) is 2. The van der Waals surface area contributed by atoms with Crippen molar-refractivity contribution in [1.29, 1.82) is 0 Å². The smallest absolute Gasteiger partial charge is 0.230 e. The molecule has 0 bridgehead atoms. The van der Waals surface area contributed by atoms with Crippen molar-refractivity contribution in [2.24, 2.45) is 5.92 Å². The molecule has 2 rings (SSSR count). The zero-order chi connectivity index (χ0) is 16.2. The summed E-state index contributed by atoms with van der Waals surface area (Å²) in [5, 5.41) is 6.42. The molecule has 0 aliphatic heterocycles. The summed E-state index contributed by atoms with van der Waals surface area (Å²) in [5.41, 5.74) is 0.596. The maximum absolute atomic E-state index is 12.6. The quantitative estimate of drug-likeness (QED) is 0.791. The maximum Gasteiger partial charge on any atom is 0.230 e. The van der Waals surface area contributed by atoms with E-state index in [-0.39, 0.29) is 17.7 Å². The van der Waals surface area contributed by atoms with Gasteiger partial charge in [0, 0.05) is 24.0 Å². The second-order valence-corrected chi connectivity index (χ2v) is 6.58. The minimum absolute atomic E-state index is 0.00491. The Hall–Kier alpha value is -1.55. The fourth-order valence-corrected chi connectivity index (χ4v) is 2.81. The Balaban J connectivity index is 1.90. The Kier molecular flexibility index (Phi) is 5.46. The van der Waals surface area contributed by atoms with Gasteiger partial charge in [0.15, 0.2) is 0 Å². The first kappa shape index (κ1) is 16.8. The molecule has 1 saturated carbocycles. The number of benzene rings is 1. The van der Waals surface area contributed by atoms with E-state index in [0.29, 0.717) is 18.1 Å². The Morgan fingerprint density at radius 3 is 2.23 bits per heavy atom. The van der Waals surface area contributed by atoms with Crippen molar-refractivity contribution in [3.63, 3.8) is 0 Å². The molecule has 0 spiro atoms. The average molecular weight is 323 g/mol. The molecule has 2 N–H and O–H groups in total. The molecule has 1 aromatic carbocycles. The predicted octanol–water partition coefficient (Wildman–Crippen LogP) is 2.65. The molecule has 1 fully saturated rings. The molecule has 0 heterocycles. The van der Waals surface area contributed by atoms with Gasteiger partial charge in [0.05, 0.1) is 5.41 Å². The highest BCUT2D eigenvalue weighted by Gasteiger charge is 2.45.